The van der Waals surface area contributed by atoms with Gasteiger partial charge in [0.1, 0.15) is 5.69 Å². The maximum atomic E-state index is 13.0. The molecule has 0 saturated heterocycles. The van der Waals surface area contributed by atoms with Crippen LogP contribution in [0.4, 0.5) is 0 Å². The Labute approximate surface area is 205 Å². The Morgan fingerprint density at radius 3 is 2.34 bits per heavy atom. The third kappa shape index (κ3) is 8.07. The molecule has 1 amide bonds. The van der Waals surface area contributed by atoms with E-state index in [2.05, 4.69) is 15.3 Å². The summed E-state index contributed by atoms with van der Waals surface area (Å²) in [6.45, 7) is 3.15. The van der Waals surface area contributed by atoms with Gasteiger partial charge in [0.15, 0.2) is 0 Å². The Morgan fingerprint density at radius 2 is 1.71 bits per heavy atom. The summed E-state index contributed by atoms with van der Waals surface area (Å²) < 4.78 is 24.4. The largest absolute Gasteiger partial charge is 0.391 e. The molecule has 0 bridgehead atoms. The highest BCUT2D eigenvalue weighted by Gasteiger charge is 2.31. The summed E-state index contributed by atoms with van der Waals surface area (Å²) in [6, 6.07) is 15.6. The van der Waals surface area contributed by atoms with Gasteiger partial charge in [-0.25, -0.2) is 18.5 Å². The topological polar surface area (TPSA) is 156 Å². The van der Waals surface area contributed by atoms with Crippen molar-refractivity contribution in [3.05, 3.63) is 72.1 Å². The van der Waals surface area contributed by atoms with Crippen LogP contribution in [0.3, 0.4) is 0 Å². The van der Waals surface area contributed by atoms with Crippen molar-refractivity contribution in [1.29, 1.82) is 0 Å². The lowest BCUT2D eigenvalue weighted by Gasteiger charge is -2.28. The van der Waals surface area contributed by atoms with Gasteiger partial charge in [-0.2, -0.15) is 0 Å². The molecule has 3 atom stereocenters. The number of carbonyl (C=O) groups excluding carboxylic acids is 1. The summed E-state index contributed by atoms with van der Waals surface area (Å²) in [5.74, 6) is -0.535. The first-order valence-corrected chi connectivity index (χ1v) is 13.0. The fraction of sp³-hybridized carbons (Fsp3) is 0.400. The van der Waals surface area contributed by atoms with Crippen LogP contribution in [-0.2, 0) is 16.4 Å². The van der Waals surface area contributed by atoms with Crippen LogP contribution in [-0.4, -0.2) is 57.5 Å². The van der Waals surface area contributed by atoms with Gasteiger partial charge in [0.25, 0.3) is 5.91 Å². The van der Waals surface area contributed by atoms with Crippen molar-refractivity contribution in [2.24, 2.45) is 5.14 Å². The predicted octanol–water partition coefficient (Wildman–Crippen LogP) is 1.93. The van der Waals surface area contributed by atoms with Gasteiger partial charge in [0.2, 0.25) is 10.0 Å². The number of aliphatic hydroxyl groups is 2. The number of rotatable bonds is 11. The van der Waals surface area contributed by atoms with Gasteiger partial charge in [0, 0.05) is 0 Å². The molecule has 0 aliphatic rings. The number of hydrogen-bond donors (Lipinski definition) is 4. The van der Waals surface area contributed by atoms with E-state index in [1.165, 1.54) is 6.20 Å². The number of amides is 1. The first-order valence-electron chi connectivity index (χ1n) is 11.4. The summed E-state index contributed by atoms with van der Waals surface area (Å²) in [6.07, 6.45) is 0.455. The van der Waals surface area contributed by atoms with E-state index in [9.17, 15) is 23.4 Å². The highest BCUT2D eigenvalue weighted by Crippen LogP contribution is 2.21. The molecule has 0 radical (unpaired) electrons. The minimum atomic E-state index is -4.00. The van der Waals surface area contributed by atoms with Gasteiger partial charge >= 0.3 is 0 Å². The van der Waals surface area contributed by atoms with E-state index < -0.39 is 38.9 Å². The van der Waals surface area contributed by atoms with E-state index in [4.69, 9.17) is 5.14 Å². The molecule has 0 saturated carbocycles. The van der Waals surface area contributed by atoms with Gasteiger partial charge < -0.3 is 15.5 Å². The number of benzene rings is 2. The summed E-state index contributed by atoms with van der Waals surface area (Å²) in [5, 5.41) is 28.2. The van der Waals surface area contributed by atoms with Crippen molar-refractivity contribution in [2.45, 2.75) is 62.5 Å². The average Bonchev–Trinajstić information content (AvgIpc) is 2.80. The van der Waals surface area contributed by atoms with Gasteiger partial charge in [-0.05, 0) is 57.2 Å². The molecule has 5 N–H and O–H groups in total. The number of primary sulfonamides is 1. The molecule has 0 unspecified atom stereocenters. The fourth-order valence-electron chi connectivity index (χ4n) is 3.82. The van der Waals surface area contributed by atoms with Crippen molar-refractivity contribution < 1.29 is 23.4 Å². The monoisotopic (exact) mass is 500 g/mol. The van der Waals surface area contributed by atoms with E-state index in [0.29, 0.717) is 11.0 Å². The van der Waals surface area contributed by atoms with Crippen LogP contribution in [0.1, 0.15) is 49.2 Å². The number of nitrogens with two attached hydrogens (primary N) is 1. The quantitative estimate of drug-likeness (QED) is 0.313. The van der Waals surface area contributed by atoms with Crippen LogP contribution in [0.25, 0.3) is 11.0 Å². The van der Waals surface area contributed by atoms with Crippen LogP contribution in [0.2, 0.25) is 0 Å². The lowest BCUT2D eigenvalue weighted by Crippen LogP contribution is -2.47. The number of aliphatic hydroxyl groups excluding tert-OH is 1. The third-order valence-corrected chi connectivity index (χ3v) is 7.17. The van der Waals surface area contributed by atoms with E-state index in [-0.39, 0.29) is 31.4 Å². The molecular formula is C25H32N4O5S. The maximum absolute atomic E-state index is 13.0. The summed E-state index contributed by atoms with van der Waals surface area (Å²) in [7, 11) is -4.00. The fourth-order valence-corrected chi connectivity index (χ4v) is 4.74. The Hall–Kier alpha value is -2.92. The summed E-state index contributed by atoms with van der Waals surface area (Å²) >= 11 is 0. The van der Waals surface area contributed by atoms with E-state index in [1.807, 2.05) is 36.4 Å². The zero-order chi connectivity index (χ0) is 25.6. The molecule has 188 valence electrons. The molecule has 1 heterocycles. The highest BCUT2D eigenvalue weighted by atomic mass is 32.2. The molecule has 2 aromatic carbocycles. The second kappa shape index (κ2) is 11.2. The number of carbonyl (C=O) groups is 1. The Morgan fingerprint density at radius 1 is 1.09 bits per heavy atom. The van der Waals surface area contributed by atoms with Crippen LogP contribution >= 0.6 is 0 Å². The SMILES string of the molecule is CC(C)(O)CC[C@H](C[C@H](O)[C@H](Cc1ccccc1)NC(=O)c1cnc2ccccc2n1)S(N)(=O)=O. The van der Waals surface area contributed by atoms with Crippen molar-refractivity contribution in [1.82, 2.24) is 15.3 Å². The van der Waals surface area contributed by atoms with Crippen LogP contribution in [0, 0.1) is 0 Å². The molecule has 3 rings (SSSR count). The second-order valence-electron chi connectivity index (χ2n) is 9.38. The average molecular weight is 501 g/mol. The highest BCUT2D eigenvalue weighted by molar-refractivity contribution is 7.89. The Kier molecular flexibility index (Phi) is 8.55. The first-order chi connectivity index (χ1) is 16.4. The predicted molar refractivity (Wildman–Crippen MR) is 134 cm³/mol. The number of sulfonamides is 1. The molecule has 0 aliphatic carbocycles. The zero-order valence-electron chi connectivity index (χ0n) is 19.8. The normalized spacial score (nSPS) is 14.9. The number of hydrogen-bond acceptors (Lipinski definition) is 7. The molecule has 9 nitrogen and oxygen atoms in total. The van der Waals surface area contributed by atoms with Crippen molar-refractivity contribution >= 4 is 27.0 Å². The minimum Gasteiger partial charge on any atom is -0.391 e. The Balaban J connectivity index is 1.82. The number of nitrogens with zero attached hydrogens (tertiary/aromatic N) is 2. The number of aromatic nitrogens is 2. The molecule has 0 aliphatic heterocycles. The lowest BCUT2D eigenvalue weighted by atomic mass is 9.94. The third-order valence-electron chi connectivity index (χ3n) is 5.81. The van der Waals surface area contributed by atoms with Crippen molar-refractivity contribution in [3.63, 3.8) is 0 Å². The van der Waals surface area contributed by atoms with E-state index >= 15 is 0 Å². The van der Waals surface area contributed by atoms with Crippen LogP contribution in [0.15, 0.2) is 60.8 Å². The molecule has 0 spiro atoms. The Bertz CT molecular complexity index is 1250. The van der Waals surface area contributed by atoms with E-state index in [0.717, 1.165) is 5.56 Å². The van der Waals surface area contributed by atoms with Crippen LogP contribution in [0.5, 0.6) is 0 Å². The standard InChI is InChI=1S/C25H32N4O5S/c1-25(2,32)13-12-18(35(26,33)34)15-23(30)21(14-17-8-4-3-5-9-17)29-24(31)22-16-27-19-10-6-7-11-20(19)28-22/h3-11,16,18,21,23,30,32H,12-15H2,1-2H3,(H,29,31)(H2,26,33,34)/t18-,21+,23+/m1/s1. The van der Waals surface area contributed by atoms with Gasteiger partial charge in [-0.15, -0.1) is 0 Å². The number of fused-ring (bicyclic) bond motifs is 1. The molecule has 1 aromatic heterocycles. The van der Waals surface area contributed by atoms with Crippen molar-refractivity contribution in [3.8, 4) is 0 Å². The zero-order valence-corrected chi connectivity index (χ0v) is 20.6. The number of para-hydroxylation sites is 2. The van der Waals surface area contributed by atoms with Crippen molar-refractivity contribution in [2.75, 3.05) is 0 Å². The van der Waals surface area contributed by atoms with Gasteiger partial charge in [-0.3, -0.25) is 9.78 Å². The second-order valence-corrected chi connectivity index (χ2v) is 11.2. The molecule has 35 heavy (non-hydrogen) atoms. The lowest BCUT2D eigenvalue weighted by molar-refractivity contribution is 0.0641. The minimum absolute atomic E-state index is 0.0710. The smallest absolute Gasteiger partial charge is 0.271 e. The van der Waals surface area contributed by atoms with Gasteiger partial charge in [-0.1, -0.05) is 42.5 Å². The molecule has 3 aromatic rings. The maximum Gasteiger partial charge on any atom is 0.271 e. The number of nitrogens with one attached hydrogen (secondary N) is 1. The molecule has 10 heteroatoms. The first kappa shape index (κ1) is 26.7. The summed E-state index contributed by atoms with van der Waals surface area (Å²) in [5.41, 5.74) is 1.05. The van der Waals surface area contributed by atoms with Crippen LogP contribution < -0.4 is 10.5 Å². The molecule has 0 fully saturated rings. The molecular weight excluding hydrogens is 468 g/mol. The van der Waals surface area contributed by atoms with E-state index in [1.54, 1.807) is 32.0 Å². The summed E-state index contributed by atoms with van der Waals surface area (Å²) in [4.78, 5) is 21.6. The van der Waals surface area contributed by atoms with Gasteiger partial charge in [0.05, 0.1) is 40.2 Å².